The van der Waals surface area contributed by atoms with Gasteiger partial charge in [0.25, 0.3) is 5.91 Å². The molecule has 0 radical (unpaired) electrons. The van der Waals surface area contributed by atoms with Crippen LogP contribution in [-0.2, 0) is 16.1 Å². The summed E-state index contributed by atoms with van der Waals surface area (Å²) in [5.41, 5.74) is 1.04. The summed E-state index contributed by atoms with van der Waals surface area (Å²) in [7, 11) is 1.67. The van der Waals surface area contributed by atoms with Crippen LogP contribution in [0, 0.1) is 5.92 Å². The Morgan fingerprint density at radius 1 is 1.45 bits per heavy atom. The lowest BCUT2D eigenvalue weighted by Gasteiger charge is -2.20. The van der Waals surface area contributed by atoms with Gasteiger partial charge >= 0.3 is 6.03 Å². The Balaban J connectivity index is 1.93. The van der Waals surface area contributed by atoms with E-state index in [2.05, 4.69) is 5.32 Å². The number of imide groups is 1. The maximum atomic E-state index is 12.2. The molecule has 0 aromatic carbocycles. The highest BCUT2D eigenvalue weighted by Gasteiger charge is 2.39. The molecule has 120 valence electrons. The Bertz CT molecular complexity index is 556. The van der Waals surface area contributed by atoms with Crippen molar-refractivity contribution in [3.05, 3.63) is 22.4 Å². The Kier molecular flexibility index (Phi) is 5.18. The number of urea groups is 1. The number of carbonyl (C=O) groups is 3. The molecule has 0 bridgehead atoms. The molecular formula is C15H21N3O3S. The zero-order valence-corrected chi connectivity index (χ0v) is 13.9. The van der Waals surface area contributed by atoms with Crippen molar-refractivity contribution in [3.8, 4) is 0 Å². The normalized spacial score (nSPS) is 18.0. The molecule has 1 fully saturated rings. The lowest BCUT2D eigenvalue weighted by atomic mass is 10.0. The van der Waals surface area contributed by atoms with Gasteiger partial charge in [-0.2, -0.15) is 11.3 Å². The zero-order chi connectivity index (χ0) is 16.3. The number of hydrogen-bond acceptors (Lipinski definition) is 4. The van der Waals surface area contributed by atoms with E-state index in [1.165, 1.54) is 4.90 Å². The maximum Gasteiger partial charge on any atom is 0.325 e. The van der Waals surface area contributed by atoms with E-state index >= 15 is 0 Å². The molecule has 1 N–H and O–H groups in total. The molecule has 1 unspecified atom stereocenters. The SMILES string of the molecule is CC(C)CC1NC(=O)N(CC(=O)N(C)Cc2ccsc2)C1=O. The second-order valence-corrected chi connectivity index (χ2v) is 6.72. The number of nitrogens with one attached hydrogen (secondary N) is 1. The number of rotatable bonds is 6. The van der Waals surface area contributed by atoms with Crippen LogP contribution in [0.4, 0.5) is 4.79 Å². The first kappa shape index (κ1) is 16.5. The van der Waals surface area contributed by atoms with Crippen molar-refractivity contribution in [1.82, 2.24) is 15.1 Å². The van der Waals surface area contributed by atoms with E-state index in [0.29, 0.717) is 18.9 Å². The van der Waals surface area contributed by atoms with Crippen LogP contribution in [0.2, 0.25) is 0 Å². The molecule has 4 amide bonds. The van der Waals surface area contributed by atoms with Gasteiger partial charge < -0.3 is 10.2 Å². The first-order valence-corrected chi connectivity index (χ1v) is 8.19. The van der Waals surface area contributed by atoms with Gasteiger partial charge in [0.2, 0.25) is 5.91 Å². The van der Waals surface area contributed by atoms with Gasteiger partial charge in [-0.3, -0.25) is 14.5 Å². The van der Waals surface area contributed by atoms with Gasteiger partial charge in [-0.05, 0) is 34.7 Å². The van der Waals surface area contributed by atoms with E-state index in [9.17, 15) is 14.4 Å². The van der Waals surface area contributed by atoms with Crippen molar-refractivity contribution >= 4 is 29.2 Å². The summed E-state index contributed by atoms with van der Waals surface area (Å²) in [6.07, 6.45) is 0.583. The molecular weight excluding hydrogens is 302 g/mol. The molecule has 1 aliphatic rings. The molecule has 1 saturated heterocycles. The minimum atomic E-state index is -0.512. The quantitative estimate of drug-likeness (QED) is 0.810. The highest BCUT2D eigenvalue weighted by atomic mass is 32.1. The Morgan fingerprint density at radius 3 is 2.77 bits per heavy atom. The first-order valence-electron chi connectivity index (χ1n) is 7.25. The number of carbonyl (C=O) groups excluding carboxylic acids is 3. The van der Waals surface area contributed by atoms with Crippen LogP contribution in [0.3, 0.4) is 0 Å². The third kappa shape index (κ3) is 3.85. The molecule has 2 rings (SSSR count). The van der Waals surface area contributed by atoms with E-state index < -0.39 is 12.1 Å². The summed E-state index contributed by atoms with van der Waals surface area (Å²) in [6.45, 7) is 4.24. The Labute approximate surface area is 134 Å². The minimum absolute atomic E-state index is 0.208. The topological polar surface area (TPSA) is 69.7 Å². The monoisotopic (exact) mass is 323 g/mol. The van der Waals surface area contributed by atoms with Gasteiger partial charge in [-0.1, -0.05) is 13.8 Å². The number of amides is 4. The largest absolute Gasteiger partial charge is 0.340 e. The molecule has 22 heavy (non-hydrogen) atoms. The van der Waals surface area contributed by atoms with Gasteiger partial charge in [0, 0.05) is 13.6 Å². The van der Waals surface area contributed by atoms with Crippen LogP contribution in [-0.4, -0.2) is 47.3 Å². The smallest absolute Gasteiger partial charge is 0.325 e. The van der Waals surface area contributed by atoms with Crippen LogP contribution in [0.5, 0.6) is 0 Å². The van der Waals surface area contributed by atoms with Crippen LogP contribution in [0.1, 0.15) is 25.8 Å². The number of thiophene rings is 1. The third-order valence-corrected chi connectivity index (χ3v) is 4.27. The van der Waals surface area contributed by atoms with E-state index in [1.54, 1.807) is 18.4 Å². The molecule has 0 saturated carbocycles. The standard InChI is InChI=1S/C15H21N3O3S/c1-10(2)6-12-14(20)18(15(21)16-12)8-13(19)17(3)7-11-4-5-22-9-11/h4-5,9-10,12H,6-8H2,1-3H3,(H,16,21). The predicted molar refractivity (Wildman–Crippen MR) is 84.3 cm³/mol. The van der Waals surface area contributed by atoms with E-state index in [1.807, 2.05) is 30.7 Å². The Hall–Kier alpha value is -1.89. The van der Waals surface area contributed by atoms with Crippen molar-refractivity contribution < 1.29 is 14.4 Å². The molecule has 7 heteroatoms. The average Bonchev–Trinajstić information content (AvgIpc) is 3.02. The van der Waals surface area contributed by atoms with Crippen molar-refractivity contribution in [2.75, 3.05) is 13.6 Å². The fraction of sp³-hybridized carbons (Fsp3) is 0.533. The number of hydrogen-bond donors (Lipinski definition) is 1. The fourth-order valence-electron chi connectivity index (χ4n) is 2.36. The van der Waals surface area contributed by atoms with E-state index in [0.717, 1.165) is 10.5 Å². The van der Waals surface area contributed by atoms with Crippen LogP contribution < -0.4 is 5.32 Å². The van der Waals surface area contributed by atoms with E-state index in [4.69, 9.17) is 0 Å². The summed E-state index contributed by atoms with van der Waals surface area (Å²) in [6, 6.07) is 0.955. The Morgan fingerprint density at radius 2 is 2.18 bits per heavy atom. The van der Waals surface area contributed by atoms with Gasteiger partial charge in [-0.25, -0.2) is 4.79 Å². The minimum Gasteiger partial charge on any atom is -0.340 e. The summed E-state index contributed by atoms with van der Waals surface area (Å²) in [4.78, 5) is 38.8. The lowest BCUT2D eigenvalue weighted by molar-refractivity contribution is -0.137. The lowest BCUT2D eigenvalue weighted by Crippen LogP contribution is -2.41. The van der Waals surface area contributed by atoms with Crippen LogP contribution in [0.25, 0.3) is 0 Å². The van der Waals surface area contributed by atoms with Crippen molar-refractivity contribution in [3.63, 3.8) is 0 Å². The van der Waals surface area contributed by atoms with Gasteiger partial charge in [-0.15, -0.1) is 0 Å². The fourth-order valence-corrected chi connectivity index (χ4v) is 3.02. The van der Waals surface area contributed by atoms with Crippen molar-refractivity contribution in [2.24, 2.45) is 5.92 Å². The van der Waals surface area contributed by atoms with Gasteiger partial charge in [0.05, 0.1) is 0 Å². The number of likely N-dealkylation sites (N-methyl/N-ethyl adjacent to an activating group) is 1. The van der Waals surface area contributed by atoms with E-state index in [-0.39, 0.29) is 18.4 Å². The third-order valence-electron chi connectivity index (χ3n) is 3.53. The highest BCUT2D eigenvalue weighted by Crippen LogP contribution is 2.15. The van der Waals surface area contributed by atoms with Crippen molar-refractivity contribution in [2.45, 2.75) is 32.9 Å². The summed E-state index contributed by atoms with van der Waals surface area (Å²) in [5, 5.41) is 6.56. The summed E-state index contributed by atoms with van der Waals surface area (Å²) < 4.78 is 0. The molecule has 6 nitrogen and oxygen atoms in total. The maximum absolute atomic E-state index is 12.2. The second-order valence-electron chi connectivity index (χ2n) is 5.94. The van der Waals surface area contributed by atoms with Gasteiger partial charge in [0.15, 0.2) is 0 Å². The molecule has 0 aliphatic carbocycles. The zero-order valence-electron chi connectivity index (χ0n) is 13.0. The first-order chi connectivity index (χ1) is 10.4. The molecule has 0 spiro atoms. The van der Waals surface area contributed by atoms with Gasteiger partial charge in [0.1, 0.15) is 12.6 Å². The molecule has 1 atom stereocenters. The molecule has 2 heterocycles. The average molecular weight is 323 g/mol. The number of nitrogens with zero attached hydrogens (tertiary/aromatic N) is 2. The summed E-state index contributed by atoms with van der Waals surface area (Å²) >= 11 is 1.57. The van der Waals surface area contributed by atoms with Crippen LogP contribution in [0.15, 0.2) is 16.8 Å². The predicted octanol–water partition coefficient (Wildman–Crippen LogP) is 1.67. The molecule has 1 aromatic heterocycles. The van der Waals surface area contributed by atoms with Crippen molar-refractivity contribution in [1.29, 1.82) is 0 Å². The summed E-state index contributed by atoms with van der Waals surface area (Å²) in [5.74, 6) is -0.262. The van der Waals surface area contributed by atoms with Crippen LogP contribution >= 0.6 is 11.3 Å². The second kappa shape index (κ2) is 6.91. The molecule has 1 aromatic rings. The highest BCUT2D eigenvalue weighted by molar-refractivity contribution is 7.07. The molecule has 1 aliphatic heterocycles.